The summed E-state index contributed by atoms with van der Waals surface area (Å²) in [5.41, 5.74) is 5.06. The van der Waals surface area contributed by atoms with Crippen molar-refractivity contribution in [3.05, 3.63) is 119 Å². The van der Waals surface area contributed by atoms with Crippen molar-refractivity contribution in [1.82, 2.24) is 19.4 Å². The van der Waals surface area contributed by atoms with E-state index in [-0.39, 0.29) is 45.3 Å². The zero-order chi connectivity index (χ0) is 57.0. The molecule has 7 rings (SSSR count). The van der Waals surface area contributed by atoms with Crippen molar-refractivity contribution in [2.45, 2.75) is 94.4 Å². The van der Waals surface area contributed by atoms with Gasteiger partial charge in [0.15, 0.2) is 9.84 Å². The van der Waals surface area contributed by atoms with Gasteiger partial charge in [0.1, 0.15) is 0 Å². The van der Waals surface area contributed by atoms with Crippen molar-refractivity contribution in [2.75, 3.05) is 114 Å². The van der Waals surface area contributed by atoms with Crippen LogP contribution >= 0.6 is 31.0 Å². The smallest absolute Gasteiger partial charge is 0.333 e. The predicted molar refractivity (Wildman–Crippen MR) is 318 cm³/mol. The maximum absolute atomic E-state index is 13.8. The highest BCUT2D eigenvalue weighted by atomic mass is 35.5. The molecule has 3 aliphatic rings. The van der Waals surface area contributed by atoms with Crippen molar-refractivity contribution >= 4 is 79.6 Å². The maximum Gasteiger partial charge on any atom is 0.333 e. The molecule has 1 unspecified atom stereocenters. The number of sulfonamides is 1. The molecule has 2 N–H and O–H groups in total. The third kappa shape index (κ3) is 18.6. The third-order valence-corrected chi connectivity index (χ3v) is 20.5. The van der Waals surface area contributed by atoms with Crippen LogP contribution in [0, 0.1) is 10.8 Å². The van der Waals surface area contributed by atoms with E-state index in [1.165, 1.54) is 28.8 Å². The van der Waals surface area contributed by atoms with E-state index < -0.39 is 51.5 Å². The second-order valence-electron chi connectivity index (χ2n) is 22.6. The molecule has 2 fully saturated rings. The number of benzene rings is 4. The van der Waals surface area contributed by atoms with Gasteiger partial charge < -0.3 is 29.3 Å². The van der Waals surface area contributed by atoms with Gasteiger partial charge in [0, 0.05) is 105 Å². The first-order chi connectivity index (χ1) is 37.4. The molecule has 0 spiro atoms. The van der Waals surface area contributed by atoms with Gasteiger partial charge in [-0.25, -0.2) is 21.6 Å². The first-order valence-electron chi connectivity index (χ1n) is 27.3. The molecule has 2 atom stereocenters. The average molecular weight is 1180 g/mol. The Morgan fingerprint density at radius 2 is 1.47 bits per heavy atom. The molecule has 4 aromatic carbocycles. The summed E-state index contributed by atoms with van der Waals surface area (Å²) >= 11 is 7.86. The lowest BCUT2D eigenvalue weighted by molar-refractivity contribution is -0.160. The standard InChI is InChI=1S/C58H80ClN6O10PS3/c1-8-74-76(68,75-43-73-56(67)57(2,3)4)38-12-28-62-30-32-63(33-31-62)29-26-48(42-77-50-13-10-9-11-14-50)60-53-24-23-51(39-54(53)78(7,69)70)79(71,72)61-55(66)45-17-21-49(22-18-45)65-36-34-64(35-37-65)41-46-40-58(5,6)27-25-52(46)44-15-19-47(59)20-16-44/h9-11,13-24,39,48,60H,8,12,25-38,40-43H2,1-7H3,(H,61,66)/t48-,76?/m1/s1. The molecule has 79 heavy (non-hydrogen) atoms. The van der Waals surface area contributed by atoms with E-state index in [2.05, 4.69) is 55.6 Å². The molecule has 2 aliphatic heterocycles. The summed E-state index contributed by atoms with van der Waals surface area (Å²) in [6, 6.07) is 28.7. The number of halogens is 1. The van der Waals surface area contributed by atoms with E-state index in [9.17, 15) is 31.0 Å². The lowest BCUT2D eigenvalue weighted by Crippen LogP contribution is -2.47. The maximum atomic E-state index is 13.8. The number of allylic oxidation sites excluding steroid dienone is 1. The van der Waals surface area contributed by atoms with Gasteiger partial charge in [0.25, 0.3) is 15.9 Å². The van der Waals surface area contributed by atoms with Crippen LogP contribution < -0.4 is 14.9 Å². The molecule has 0 saturated carbocycles. The monoisotopic (exact) mass is 1180 g/mol. The molecule has 1 amide bonds. The minimum absolute atomic E-state index is 0.155. The third-order valence-electron chi connectivity index (χ3n) is 14.6. The highest BCUT2D eigenvalue weighted by molar-refractivity contribution is 7.99. The number of hydrogen-bond acceptors (Lipinski definition) is 16. The van der Waals surface area contributed by atoms with Gasteiger partial charge in [-0.2, -0.15) is 0 Å². The Morgan fingerprint density at radius 3 is 2.10 bits per heavy atom. The number of piperazine rings is 2. The summed E-state index contributed by atoms with van der Waals surface area (Å²) in [6.07, 6.45) is 5.70. The zero-order valence-electron chi connectivity index (χ0n) is 46.9. The van der Waals surface area contributed by atoms with Crippen LogP contribution in [-0.2, 0) is 43.0 Å². The Balaban J connectivity index is 0.928. The molecule has 0 aromatic heterocycles. The second-order valence-corrected chi connectivity index (χ2v) is 30.0. The fourth-order valence-corrected chi connectivity index (χ4v) is 14.6. The number of carbonyl (C=O) groups excluding carboxylic acids is 2. The van der Waals surface area contributed by atoms with Gasteiger partial charge in [-0.3, -0.25) is 23.6 Å². The van der Waals surface area contributed by atoms with E-state index in [4.69, 9.17) is 25.4 Å². The van der Waals surface area contributed by atoms with Gasteiger partial charge >= 0.3 is 13.6 Å². The average Bonchev–Trinajstić information content (AvgIpc) is 3.47. The Bertz CT molecular complexity index is 3000. The molecule has 2 saturated heterocycles. The molecule has 1 aliphatic carbocycles. The van der Waals surface area contributed by atoms with E-state index in [1.54, 1.807) is 51.6 Å². The van der Waals surface area contributed by atoms with Crippen LogP contribution in [0.4, 0.5) is 11.4 Å². The van der Waals surface area contributed by atoms with Gasteiger partial charge in [-0.15, -0.1) is 11.8 Å². The van der Waals surface area contributed by atoms with Gasteiger partial charge in [-0.1, -0.05) is 61.4 Å². The fraction of sp³-hybridized carbons (Fsp3) is 0.517. The molecule has 4 aromatic rings. The van der Waals surface area contributed by atoms with Crippen molar-refractivity contribution in [1.29, 1.82) is 0 Å². The van der Waals surface area contributed by atoms with E-state index in [0.29, 0.717) is 25.1 Å². The van der Waals surface area contributed by atoms with Crippen LogP contribution in [0.25, 0.3) is 5.57 Å². The van der Waals surface area contributed by atoms with Crippen LogP contribution in [0.1, 0.15) is 89.6 Å². The summed E-state index contributed by atoms with van der Waals surface area (Å²) < 4.78 is 86.1. The number of rotatable bonds is 25. The van der Waals surface area contributed by atoms with Crippen LogP contribution in [0.2, 0.25) is 5.02 Å². The Kier molecular flexibility index (Phi) is 21.8. The Hall–Kier alpha value is -4.27. The fourth-order valence-electron chi connectivity index (χ4n) is 10.1. The van der Waals surface area contributed by atoms with Gasteiger partial charge in [-0.05, 0) is 150 Å². The van der Waals surface area contributed by atoms with Crippen molar-refractivity contribution in [3.63, 3.8) is 0 Å². The first kappa shape index (κ1) is 62.3. The summed E-state index contributed by atoms with van der Waals surface area (Å²) in [4.78, 5) is 35.7. The minimum Gasteiger partial charge on any atom is -0.438 e. The predicted octanol–water partition coefficient (Wildman–Crippen LogP) is 10.4. The number of anilines is 2. The molecule has 0 radical (unpaired) electrons. The van der Waals surface area contributed by atoms with E-state index in [1.807, 2.05) is 54.6 Å². The van der Waals surface area contributed by atoms with Gasteiger partial charge in [0.2, 0.25) is 6.79 Å². The summed E-state index contributed by atoms with van der Waals surface area (Å²) in [5.74, 6) is -0.681. The second kappa shape index (κ2) is 27.7. The molecule has 0 bridgehead atoms. The molecule has 432 valence electrons. The number of hydrogen-bond donors (Lipinski definition) is 2. The lowest BCUT2D eigenvalue weighted by Gasteiger charge is -2.39. The van der Waals surface area contributed by atoms with Crippen LogP contribution in [-0.4, -0.2) is 153 Å². The molecular weight excluding hydrogens is 1100 g/mol. The van der Waals surface area contributed by atoms with Gasteiger partial charge in [0.05, 0.1) is 33.7 Å². The molecule has 16 nitrogen and oxygen atoms in total. The van der Waals surface area contributed by atoms with E-state index >= 15 is 0 Å². The zero-order valence-corrected chi connectivity index (χ0v) is 51.0. The first-order valence-corrected chi connectivity index (χ1v) is 33.8. The summed E-state index contributed by atoms with van der Waals surface area (Å²) in [5, 5.41) is 4.19. The number of thioether (sulfide) groups is 1. The summed E-state index contributed by atoms with van der Waals surface area (Å²) in [6.45, 7) is 20.2. The van der Waals surface area contributed by atoms with Crippen molar-refractivity contribution in [2.24, 2.45) is 10.8 Å². The quantitative estimate of drug-likeness (QED) is 0.0276. The molecule has 2 heterocycles. The number of nitrogens with zero attached hydrogens (tertiary/aromatic N) is 4. The SMILES string of the molecule is CCOP(=O)(CCCN1CCN(CC[C@H](CSc2ccccc2)Nc2ccc(S(=O)(=O)NC(=O)c3ccc(N4CCN(CC5=C(c6ccc(Cl)cc6)CCC(C)(C)C5)CC4)cc3)cc2S(C)(=O)=O)CC1)OCOC(=O)C(C)(C)C. The normalized spacial score (nSPS) is 18.2. The van der Waals surface area contributed by atoms with Crippen molar-refractivity contribution < 1.29 is 44.8 Å². The van der Waals surface area contributed by atoms with Crippen LogP contribution in [0.5, 0.6) is 0 Å². The highest BCUT2D eigenvalue weighted by Crippen LogP contribution is 2.49. The topological polar surface area (TPSA) is 184 Å². The Labute approximate surface area is 478 Å². The minimum atomic E-state index is -4.49. The summed E-state index contributed by atoms with van der Waals surface area (Å²) in [7, 11) is -11.9. The number of sulfone groups is 1. The number of esters is 1. The largest absolute Gasteiger partial charge is 0.438 e. The van der Waals surface area contributed by atoms with E-state index in [0.717, 1.165) is 113 Å². The Morgan fingerprint density at radius 1 is 0.823 bits per heavy atom. The van der Waals surface area contributed by atoms with Crippen LogP contribution in [0.3, 0.4) is 0 Å². The number of ether oxygens (including phenoxy) is 1. The number of carbonyl (C=O) groups is 2. The lowest BCUT2D eigenvalue weighted by atomic mass is 9.73. The molecular formula is C58H80ClN6O10PS3. The van der Waals surface area contributed by atoms with Crippen molar-refractivity contribution in [3.8, 4) is 0 Å². The highest BCUT2D eigenvalue weighted by Gasteiger charge is 2.32. The van der Waals surface area contributed by atoms with Crippen LogP contribution in [0.15, 0.2) is 117 Å². The number of nitrogens with one attached hydrogen (secondary N) is 2. The number of amides is 1. The molecule has 21 heteroatoms.